The smallest absolute Gasteiger partial charge is 0.0548 e. The van der Waals surface area contributed by atoms with E-state index in [4.69, 9.17) is 40.5 Å². The highest BCUT2D eigenvalue weighted by molar-refractivity contribution is 7.99. The van der Waals surface area contributed by atoms with Gasteiger partial charge in [0, 0.05) is 20.9 Å². The van der Waals surface area contributed by atoms with Crippen LogP contribution >= 0.6 is 46.6 Å². The lowest BCUT2D eigenvalue weighted by Crippen LogP contribution is -2.21. The zero-order chi connectivity index (χ0) is 15.4. The highest BCUT2D eigenvalue weighted by atomic mass is 35.5. The van der Waals surface area contributed by atoms with Crippen LogP contribution in [0.25, 0.3) is 0 Å². The average molecular weight is 361 g/mol. The molecule has 0 fully saturated rings. The molecule has 2 rings (SSSR count). The lowest BCUT2D eigenvalue weighted by atomic mass is 10.1. The average Bonchev–Trinajstić information content (AvgIpc) is 2.45. The standard InChI is InChI=1S/C16H16Cl3NS/c1-2-12(20)7-10-3-6-15(14(19)8-10)21-16-9-11(17)4-5-13(16)18/h3-6,8-9,12H,2,7,20H2,1H3. The summed E-state index contributed by atoms with van der Waals surface area (Å²) >= 11 is 20.0. The fourth-order valence-corrected chi connectivity index (χ4v) is 3.54. The fraction of sp³-hybridized carbons (Fsp3) is 0.250. The molecule has 0 aromatic heterocycles. The minimum atomic E-state index is 0.168. The Morgan fingerprint density at radius 1 is 1.00 bits per heavy atom. The van der Waals surface area contributed by atoms with Gasteiger partial charge in [0.2, 0.25) is 0 Å². The first-order valence-electron chi connectivity index (χ1n) is 6.66. The lowest BCUT2D eigenvalue weighted by Gasteiger charge is -2.11. The van der Waals surface area contributed by atoms with Crippen LogP contribution < -0.4 is 5.73 Å². The van der Waals surface area contributed by atoms with E-state index in [1.807, 2.05) is 18.2 Å². The number of rotatable bonds is 5. The molecule has 2 N–H and O–H groups in total. The fourth-order valence-electron chi connectivity index (χ4n) is 1.88. The van der Waals surface area contributed by atoms with Gasteiger partial charge in [0.25, 0.3) is 0 Å². The van der Waals surface area contributed by atoms with E-state index < -0.39 is 0 Å². The lowest BCUT2D eigenvalue weighted by molar-refractivity contribution is 0.646. The maximum atomic E-state index is 6.36. The summed E-state index contributed by atoms with van der Waals surface area (Å²) in [4.78, 5) is 1.85. The summed E-state index contributed by atoms with van der Waals surface area (Å²) in [5.41, 5.74) is 7.12. The van der Waals surface area contributed by atoms with E-state index in [1.165, 1.54) is 11.8 Å². The number of benzene rings is 2. The van der Waals surface area contributed by atoms with Crippen molar-refractivity contribution in [1.29, 1.82) is 0 Å². The van der Waals surface area contributed by atoms with Crippen molar-refractivity contribution in [2.45, 2.75) is 35.6 Å². The van der Waals surface area contributed by atoms with E-state index in [9.17, 15) is 0 Å². The Hall–Kier alpha value is -0.380. The highest BCUT2D eigenvalue weighted by Crippen LogP contribution is 2.38. The molecule has 1 unspecified atom stereocenters. The molecule has 1 atom stereocenters. The zero-order valence-corrected chi connectivity index (χ0v) is 14.7. The Labute approximate surface area is 144 Å². The Balaban J connectivity index is 2.19. The van der Waals surface area contributed by atoms with Gasteiger partial charge in [0.1, 0.15) is 0 Å². The van der Waals surface area contributed by atoms with Crippen molar-refractivity contribution in [2.24, 2.45) is 5.73 Å². The van der Waals surface area contributed by atoms with Crippen LogP contribution in [0, 0.1) is 0 Å². The van der Waals surface area contributed by atoms with Crippen molar-refractivity contribution >= 4 is 46.6 Å². The van der Waals surface area contributed by atoms with Gasteiger partial charge >= 0.3 is 0 Å². The van der Waals surface area contributed by atoms with Gasteiger partial charge in [-0.2, -0.15) is 0 Å². The third-order valence-electron chi connectivity index (χ3n) is 3.13. The molecular formula is C16H16Cl3NS. The molecule has 0 saturated carbocycles. The Bertz CT molecular complexity index is 631. The van der Waals surface area contributed by atoms with Crippen molar-refractivity contribution in [3.8, 4) is 0 Å². The molecule has 0 bridgehead atoms. The molecule has 21 heavy (non-hydrogen) atoms. The number of hydrogen-bond acceptors (Lipinski definition) is 2. The van der Waals surface area contributed by atoms with Gasteiger partial charge in [-0.15, -0.1) is 0 Å². The molecule has 1 nitrogen and oxygen atoms in total. The second kappa shape index (κ2) is 7.75. The summed E-state index contributed by atoms with van der Waals surface area (Å²) in [5, 5.41) is 2.03. The summed E-state index contributed by atoms with van der Waals surface area (Å²) in [6, 6.07) is 11.6. The first-order valence-corrected chi connectivity index (χ1v) is 8.61. The van der Waals surface area contributed by atoms with Gasteiger partial charge in [0.15, 0.2) is 0 Å². The van der Waals surface area contributed by atoms with Crippen LogP contribution in [0.2, 0.25) is 15.1 Å². The molecule has 2 aromatic carbocycles. The first-order chi connectivity index (χ1) is 9.99. The molecule has 2 aromatic rings. The molecule has 0 spiro atoms. The minimum Gasteiger partial charge on any atom is -0.327 e. The molecule has 5 heteroatoms. The Morgan fingerprint density at radius 2 is 1.76 bits per heavy atom. The molecule has 0 saturated heterocycles. The molecule has 0 aliphatic carbocycles. The summed E-state index contributed by atoms with van der Waals surface area (Å²) in [6.07, 6.45) is 1.78. The normalized spacial score (nSPS) is 12.4. The Morgan fingerprint density at radius 3 is 2.43 bits per heavy atom. The summed E-state index contributed by atoms with van der Waals surface area (Å²) < 4.78 is 0. The number of hydrogen-bond donors (Lipinski definition) is 1. The Kier molecular flexibility index (Phi) is 6.27. The number of halogens is 3. The minimum absolute atomic E-state index is 0.168. The molecule has 0 amide bonds. The van der Waals surface area contributed by atoms with Gasteiger partial charge in [-0.1, -0.05) is 59.6 Å². The van der Waals surface area contributed by atoms with Gasteiger partial charge in [-0.3, -0.25) is 0 Å². The SMILES string of the molecule is CCC(N)Cc1ccc(Sc2cc(Cl)ccc2Cl)c(Cl)c1. The summed E-state index contributed by atoms with van der Waals surface area (Å²) in [6.45, 7) is 2.08. The van der Waals surface area contributed by atoms with E-state index >= 15 is 0 Å². The van der Waals surface area contributed by atoms with Crippen LogP contribution in [0.15, 0.2) is 46.2 Å². The van der Waals surface area contributed by atoms with Gasteiger partial charge in [-0.25, -0.2) is 0 Å². The van der Waals surface area contributed by atoms with Crippen molar-refractivity contribution in [3.05, 3.63) is 57.0 Å². The molecule has 0 radical (unpaired) electrons. The van der Waals surface area contributed by atoms with E-state index in [0.717, 1.165) is 28.2 Å². The van der Waals surface area contributed by atoms with Crippen molar-refractivity contribution in [1.82, 2.24) is 0 Å². The molecule has 0 aliphatic heterocycles. The second-order valence-corrected chi connectivity index (χ2v) is 7.15. The van der Waals surface area contributed by atoms with Crippen LogP contribution in [0.4, 0.5) is 0 Å². The number of nitrogens with two attached hydrogens (primary N) is 1. The predicted octanol–water partition coefficient (Wildman–Crippen LogP) is 6.08. The van der Waals surface area contributed by atoms with Gasteiger partial charge in [0.05, 0.1) is 10.0 Å². The quantitative estimate of drug-likeness (QED) is 0.699. The topological polar surface area (TPSA) is 26.0 Å². The van der Waals surface area contributed by atoms with Gasteiger partial charge < -0.3 is 5.73 Å². The largest absolute Gasteiger partial charge is 0.327 e. The predicted molar refractivity (Wildman–Crippen MR) is 94.0 cm³/mol. The van der Waals surface area contributed by atoms with E-state index in [-0.39, 0.29) is 6.04 Å². The van der Waals surface area contributed by atoms with Crippen LogP contribution in [0.5, 0.6) is 0 Å². The monoisotopic (exact) mass is 359 g/mol. The summed E-state index contributed by atoms with van der Waals surface area (Å²) in [7, 11) is 0. The van der Waals surface area contributed by atoms with Crippen LogP contribution in [0.1, 0.15) is 18.9 Å². The highest BCUT2D eigenvalue weighted by Gasteiger charge is 2.09. The van der Waals surface area contributed by atoms with E-state index in [0.29, 0.717) is 15.1 Å². The third kappa shape index (κ3) is 4.80. The van der Waals surface area contributed by atoms with Crippen molar-refractivity contribution in [3.63, 3.8) is 0 Å². The van der Waals surface area contributed by atoms with Crippen LogP contribution in [-0.2, 0) is 6.42 Å². The molecule has 0 heterocycles. The van der Waals surface area contributed by atoms with Crippen molar-refractivity contribution < 1.29 is 0 Å². The summed E-state index contributed by atoms with van der Waals surface area (Å²) in [5.74, 6) is 0. The van der Waals surface area contributed by atoms with Crippen LogP contribution in [0.3, 0.4) is 0 Å². The maximum Gasteiger partial charge on any atom is 0.0548 e. The zero-order valence-electron chi connectivity index (χ0n) is 11.6. The first kappa shape index (κ1) is 17.0. The maximum absolute atomic E-state index is 6.36. The van der Waals surface area contributed by atoms with E-state index in [2.05, 4.69) is 13.0 Å². The second-order valence-electron chi connectivity index (χ2n) is 4.81. The van der Waals surface area contributed by atoms with Gasteiger partial charge in [-0.05, 0) is 48.7 Å². The van der Waals surface area contributed by atoms with Crippen molar-refractivity contribution in [2.75, 3.05) is 0 Å². The van der Waals surface area contributed by atoms with E-state index in [1.54, 1.807) is 12.1 Å². The molecular weight excluding hydrogens is 345 g/mol. The third-order valence-corrected chi connectivity index (χ3v) is 5.37. The van der Waals surface area contributed by atoms with Crippen LogP contribution in [-0.4, -0.2) is 6.04 Å². The molecule has 112 valence electrons. The molecule has 0 aliphatic rings.